The molecule has 0 atom stereocenters. The number of rotatable bonds is 6. The highest BCUT2D eigenvalue weighted by Crippen LogP contribution is 2.33. The van der Waals surface area contributed by atoms with E-state index in [4.69, 9.17) is 5.73 Å². The van der Waals surface area contributed by atoms with Gasteiger partial charge in [-0.3, -0.25) is 0 Å². The van der Waals surface area contributed by atoms with Crippen LogP contribution in [0.2, 0.25) is 0 Å². The lowest BCUT2D eigenvalue weighted by Gasteiger charge is -2.06. The summed E-state index contributed by atoms with van der Waals surface area (Å²) in [6, 6.07) is 15.2. The fourth-order valence-corrected chi connectivity index (χ4v) is 2.99. The molecule has 2 heteroatoms. The summed E-state index contributed by atoms with van der Waals surface area (Å²) in [7, 11) is 1.50. The van der Waals surface area contributed by atoms with Gasteiger partial charge in [0.15, 0.2) is 0 Å². The first kappa shape index (κ1) is 33.3. The highest BCUT2D eigenvalue weighted by atomic mass is 14.5. The normalized spacial score (nSPS) is 11.6. The molecule has 0 aromatic heterocycles. The third kappa shape index (κ3) is 20.4. The molecule has 1 saturated carbocycles. The lowest BCUT2D eigenvalue weighted by molar-refractivity contribution is 0.708. The third-order valence-corrected chi connectivity index (χ3v) is 5.22. The fourth-order valence-electron chi connectivity index (χ4n) is 2.99. The van der Waals surface area contributed by atoms with Gasteiger partial charge in [0.1, 0.15) is 0 Å². The molecule has 0 aliphatic heterocycles. The van der Waals surface area contributed by atoms with Crippen molar-refractivity contribution in [2.24, 2.45) is 17.4 Å². The summed E-state index contributed by atoms with van der Waals surface area (Å²) in [6.07, 6.45) is 13.6. The van der Waals surface area contributed by atoms with Gasteiger partial charge in [-0.05, 0) is 77.6 Å². The second-order valence-corrected chi connectivity index (χ2v) is 8.57. The molecule has 0 heterocycles. The van der Waals surface area contributed by atoms with Crippen molar-refractivity contribution < 1.29 is 0 Å². The van der Waals surface area contributed by atoms with Crippen LogP contribution in [-0.2, 0) is 12.8 Å². The van der Waals surface area contributed by atoms with E-state index in [-0.39, 0.29) is 0 Å². The number of hydrogen-bond donors (Lipinski definition) is 2. The van der Waals surface area contributed by atoms with Crippen molar-refractivity contribution in [2.45, 2.75) is 93.4 Å². The smallest absolute Gasteiger partial charge is 0.00799 e. The van der Waals surface area contributed by atoms with E-state index in [9.17, 15) is 0 Å². The molecule has 1 aliphatic carbocycles. The van der Waals surface area contributed by atoms with E-state index >= 15 is 0 Å². The van der Waals surface area contributed by atoms with Crippen LogP contribution in [-0.4, -0.2) is 13.6 Å². The van der Waals surface area contributed by atoms with Crippen LogP contribution in [0.25, 0.3) is 0 Å². The first-order valence-corrected chi connectivity index (χ1v) is 12.9. The molecule has 0 bridgehead atoms. The zero-order valence-electron chi connectivity index (χ0n) is 23.1. The van der Waals surface area contributed by atoms with Crippen molar-refractivity contribution in [2.75, 3.05) is 13.6 Å². The summed E-state index contributed by atoms with van der Waals surface area (Å²) < 4.78 is 0. The largest absolute Gasteiger partial charge is 0.333 e. The summed E-state index contributed by atoms with van der Waals surface area (Å²) in [5.74, 6) is 1.15. The molecule has 33 heavy (non-hydrogen) atoms. The van der Waals surface area contributed by atoms with Crippen LogP contribution in [0.3, 0.4) is 0 Å². The molecule has 3 rings (SSSR count). The Bertz CT molecular complexity index is 674. The van der Waals surface area contributed by atoms with Crippen molar-refractivity contribution in [3.8, 4) is 0 Å². The molecule has 188 valence electrons. The highest BCUT2D eigenvalue weighted by molar-refractivity contribution is 5.33. The quantitative estimate of drug-likeness (QED) is 0.433. The highest BCUT2D eigenvalue weighted by Gasteiger charge is 2.18. The van der Waals surface area contributed by atoms with E-state index in [0.717, 1.165) is 31.7 Å². The Morgan fingerprint density at radius 3 is 1.61 bits per heavy atom. The minimum absolute atomic E-state index is 0.819. The molecular formula is C31H54N2. The van der Waals surface area contributed by atoms with Gasteiger partial charge in [-0.2, -0.15) is 0 Å². The van der Waals surface area contributed by atoms with Gasteiger partial charge < -0.3 is 11.5 Å². The molecule has 0 spiro atoms. The van der Waals surface area contributed by atoms with Gasteiger partial charge in [0.05, 0.1) is 0 Å². The van der Waals surface area contributed by atoms with Crippen molar-refractivity contribution in [3.05, 3.63) is 82.4 Å². The Hall–Kier alpha value is -1.90. The van der Waals surface area contributed by atoms with Crippen LogP contribution < -0.4 is 11.5 Å². The average Bonchev–Trinajstić information content (AvgIpc) is 3.66. The summed E-state index contributed by atoms with van der Waals surface area (Å²) >= 11 is 0. The zero-order chi connectivity index (χ0) is 25.5. The molecule has 0 radical (unpaired) electrons. The molecule has 1 aliphatic rings. The van der Waals surface area contributed by atoms with Crippen LogP contribution in [0, 0.1) is 26.7 Å². The predicted molar refractivity (Wildman–Crippen MR) is 152 cm³/mol. The van der Waals surface area contributed by atoms with Gasteiger partial charge >= 0.3 is 0 Å². The average molecular weight is 455 g/mol. The molecule has 2 aromatic carbocycles. The van der Waals surface area contributed by atoms with Crippen LogP contribution in [0.1, 0.15) is 87.6 Å². The minimum Gasteiger partial charge on any atom is -0.333 e. The Balaban J connectivity index is 0. The summed E-state index contributed by atoms with van der Waals surface area (Å²) in [6.45, 7) is 15.8. The Morgan fingerprint density at radius 1 is 0.788 bits per heavy atom. The number of hydrogen-bond acceptors (Lipinski definition) is 2. The second kappa shape index (κ2) is 23.3. The van der Waals surface area contributed by atoms with E-state index in [1.165, 1.54) is 60.5 Å². The standard InChI is InChI=1S/C13H18.C8H10.C6H12.C3H9N.CH5N/c1-4-6-7-13-10-11(3)8-9-12(13)5-2;1-7-3-5-8(2)6-4-7;1-2-3-6-4-5-6;1-2-3-4;1-2/h4,6,8-10H,5,7H2,1-3H3;3-6H,1-2H3;6H,2-5H2,1H3;2-4H2,1H3;2H2,1H3/b6-4-;;;;. The maximum absolute atomic E-state index is 5.03. The van der Waals surface area contributed by atoms with Crippen molar-refractivity contribution in [1.82, 2.24) is 0 Å². The van der Waals surface area contributed by atoms with Gasteiger partial charge in [0.25, 0.3) is 0 Å². The van der Waals surface area contributed by atoms with E-state index in [1.54, 1.807) is 0 Å². The Labute approximate surface area is 206 Å². The van der Waals surface area contributed by atoms with Crippen molar-refractivity contribution in [3.63, 3.8) is 0 Å². The lowest BCUT2D eigenvalue weighted by Crippen LogP contribution is -1.93. The van der Waals surface area contributed by atoms with E-state index in [2.05, 4.69) is 109 Å². The number of allylic oxidation sites excluding steroid dienone is 2. The van der Waals surface area contributed by atoms with Crippen LogP contribution in [0.4, 0.5) is 0 Å². The van der Waals surface area contributed by atoms with Gasteiger partial charge in [0, 0.05) is 0 Å². The van der Waals surface area contributed by atoms with Gasteiger partial charge in [0.2, 0.25) is 0 Å². The maximum Gasteiger partial charge on any atom is -0.00799 e. The van der Waals surface area contributed by atoms with Gasteiger partial charge in [-0.25, -0.2) is 0 Å². The molecule has 1 fully saturated rings. The monoisotopic (exact) mass is 454 g/mol. The second-order valence-electron chi connectivity index (χ2n) is 8.57. The van der Waals surface area contributed by atoms with E-state index in [1.807, 2.05) is 0 Å². The van der Waals surface area contributed by atoms with Gasteiger partial charge in [-0.15, -0.1) is 0 Å². The summed E-state index contributed by atoms with van der Waals surface area (Å²) in [5, 5.41) is 0. The molecule has 4 N–H and O–H groups in total. The Morgan fingerprint density at radius 2 is 1.27 bits per heavy atom. The van der Waals surface area contributed by atoms with E-state index < -0.39 is 0 Å². The number of benzene rings is 2. The SMILES string of the molecule is C/C=C\Cc1cc(C)ccc1CC.CCCC1CC1.CCCN.CN.Cc1ccc(C)cc1. The molecule has 0 saturated heterocycles. The maximum atomic E-state index is 5.03. The zero-order valence-corrected chi connectivity index (χ0v) is 23.1. The van der Waals surface area contributed by atoms with E-state index in [0.29, 0.717) is 0 Å². The lowest BCUT2D eigenvalue weighted by atomic mass is 10.00. The fraction of sp³-hybridized carbons (Fsp3) is 0.548. The first-order chi connectivity index (χ1) is 15.9. The van der Waals surface area contributed by atoms with Crippen molar-refractivity contribution in [1.29, 1.82) is 0 Å². The van der Waals surface area contributed by atoms with Gasteiger partial charge in [-0.1, -0.05) is 118 Å². The van der Waals surface area contributed by atoms with Crippen LogP contribution in [0.15, 0.2) is 54.6 Å². The molecule has 2 aromatic rings. The topological polar surface area (TPSA) is 52.0 Å². The summed E-state index contributed by atoms with van der Waals surface area (Å²) in [5.41, 5.74) is 16.5. The summed E-state index contributed by atoms with van der Waals surface area (Å²) in [4.78, 5) is 0. The first-order valence-electron chi connectivity index (χ1n) is 12.9. The molecular weight excluding hydrogens is 400 g/mol. The number of nitrogens with two attached hydrogens (primary N) is 2. The van der Waals surface area contributed by atoms with Crippen LogP contribution in [0.5, 0.6) is 0 Å². The Kier molecular flexibility index (Phi) is 23.5. The number of aryl methyl sites for hydroxylation is 4. The molecule has 0 amide bonds. The molecule has 2 nitrogen and oxygen atoms in total. The van der Waals surface area contributed by atoms with Crippen LogP contribution >= 0.6 is 0 Å². The predicted octanol–water partition coefficient (Wildman–Crippen LogP) is 8.11. The van der Waals surface area contributed by atoms with Crippen molar-refractivity contribution >= 4 is 0 Å². The molecule has 0 unspecified atom stereocenters. The minimum atomic E-state index is 0.819. The third-order valence-electron chi connectivity index (χ3n) is 5.22.